The van der Waals surface area contributed by atoms with Gasteiger partial charge in [0.05, 0.1) is 5.69 Å². The molecule has 3 rings (SSSR count). The van der Waals surface area contributed by atoms with Crippen LogP contribution in [0.2, 0.25) is 0 Å². The van der Waals surface area contributed by atoms with Gasteiger partial charge in [0.2, 0.25) is 0 Å². The molecule has 1 aromatic carbocycles. The number of halogens is 1. The third-order valence-corrected chi connectivity index (χ3v) is 5.38. The van der Waals surface area contributed by atoms with Crippen molar-refractivity contribution in [3.8, 4) is 0 Å². The van der Waals surface area contributed by atoms with Crippen molar-refractivity contribution in [2.24, 2.45) is 0 Å². The number of nitrogens with zero attached hydrogens (tertiary/aromatic N) is 2. The molecule has 5 nitrogen and oxygen atoms in total. The van der Waals surface area contributed by atoms with Gasteiger partial charge < -0.3 is 15.5 Å². The van der Waals surface area contributed by atoms with Gasteiger partial charge in [-0.15, -0.1) is 0 Å². The molecule has 2 fully saturated rings. The van der Waals surface area contributed by atoms with Crippen LogP contribution in [0.25, 0.3) is 0 Å². The molecule has 1 aliphatic heterocycles. The third-order valence-electron chi connectivity index (χ3n) is 5.38. The van der Waals surface area contributed by atoms with Crippen molar-refractivity contribution >= 4 is 11.7 Å². The molecular formula is C19H29FN4O. The Balaban J connectivity index is 1.39. The van der Waals surface area contributed by atoms with E-state index in [1.807, 2.05) is 11.0 Å². The third kappa shape index (κ3) is 4.84. The predicted molar refractivity (Wildman–Crippen MR) is 98.3 cm³/mol. The summed E-state index contributed by atoms with van der Waals surface area (Å²) in [6.07, 6.45) is 4.22. The number of carbonyl (C=O) groups is 1. The molecule has 138 valence electrons. The molecule has 25 heavy (non-hydrogen) atoms. The number of rotatable bonds is 6. The Bertz CT molecular complexity index is 585. The van der Waals surface area contributed by atoms with E-state index in [9.17, 15) is 9.18 Å². The second-order valence-corrected chi connectivity index (χ2v) is 7.32. The molecule has 1 atom stereocenters. The minimum absolute atomic E-state index is 0.0142. The average Bonchev–Trinajstić information content (AvgIpc) is 3.46. The molecule has 0 bridgehead atoms. The highest BCUT2D eigenvalue weighted by atomic mass is 19.1. The summed E-state index contributed by atoms with van der Waals surface area (Å²) >= 11 is 0. The topological polar surface area (TPSA) is 47.6 Å². The normalized spacial score (nSPS) is 19.8. The van der Waals surface area contributed by atoms with Gasteiger partial charge in [0.1, 0.15) is 5.82 Å². The van der Waals surface area contributed by atoms with Gasteiger partial charge in [-0.2, -0.15) is 0 Å². The molecule has 2 aliphatic rings. The van der Waals surface area contributed by atoms with E-state index in [2.05, 4.69) is 29.5 Å². The summed E-state index contributed by atoms with van der Waals surface area (Å²) in [5, 5.41) is 6.31. The van der Waals surface area contributed by atoms with Crippen LogP contribution < -0.4 is 10.6 Å². The first kappa shape index (κ1) is 18.0. The van der Waals surface area contributed by atoms with Crippen molar-refractivity contribution in [2.45, 2.75) is 50.7 Å². The SMILES string of the molecule is C[C@@H](CNC(=O)N1CCC(Nc2ccccc2F)CC1)N(C)C1CC1. The number of benzene rings is 1. The molecule has 0 aromatic heterocycles. The van der Waals surface area contributed by atoms with E-state index in [0.29, 0.717) is 37.4 Å². The molecule has 2 amide bonds. The molecule has 1 heterocycles. The molecule has 1 saturated heterocycles. The first-order valence-corrected chi connectivity index (χ1v) is 9.30. The molecule has 0 radical (unpaired) electrons. The summed E-state index contributed by atoms with van der Waals surface area (Å²) in [7, 11) is 2.13. The number of amides is 2. The van der Waals surface area contributed by atoms with E-state index < -0.39 is 0 Å². The summed E-state index contributed by atoms with van der Waals surface area (Å²) in [6.45, 7) is 4.23. The lowest BCUT2D eigenvalue weighted by Crippen LogP contribution is -2.49. The highest BCUT2D eigenvalue weighted by molar-refractivity contribution is 5.74. The van der Waals surface area contributed by atoms with Crippen molar-refractivity contribution in [1.82, 2.24) is 15.1 Å². The zero-order chi connectivity index (χ0) is 17.8. The Labute approximate surface area is 149 Å². The van der Waals surface area contributed by atoms with Crippen LogP contribution in [-0.4, -0.2) is 60.6 Å². The smallest absolute Gasteiger partial charge is 0.317 e. The number of piperidine rings is 1. The Hall–Kier alpha value is -1.82. The minimum atomic E-state index is -0.226. The lowest BCUT2D eigenvalue weighted by Gasteiger charge is -2.33. The second kappa shape index (κ2) is 8.04. The fraction of sp³-hybridized carbons (Fsp3) is 0.632. The van der Waals surface area contributed by atoms with Gasteiger partial charge in [-0.25, -0.2) is 9.18 Å². The quantitative estimate of drug-likeness (QED) is 0.831. The van der Waals surface area contributed by atoms with E-state index in [1.54, 1.807) is 12.1 Å². The Kier molecular flexibility index (Phi) is 5.78. The van der Waals surface area contributed by atoms with Crippen LogP contribution in [0.4, 0.5) is 14.9 Å². The fourth-order valence-corrected chi connectivity index (χ4v) is 3.36. The number of anilines is 1. The summed E-state index contributed by atoms with van der Waals surface area (Å²) in [5.74, 6) is -0.226. The van der Waals surface area contributed by atoms with E-state index in [1.165, 1.54) is 18.9 Å². The number of nitrogens with one attached hydrogen (secondary N) is 2. The molecule has 1 aliphatic carbocycles. The monoisotopic (exact) mass is 348 g/mol. The van der Waals surface area contributed by atoms with E-state index in [4.69, 9.17) is 0 Å². The van der Waals surface area contributed by atoms with Gasteiger partial charge in [-0.3, -0.25) is 4.90 Å². The van der Waals surface area contributed by atoms with Crippen molar-refractivity contribution in [1.29, 1.82) is 0 Å². The number of para-hydroxylation sites is 1. The van der Waals surface area contributed by atoms with E-state index >= 15 is 0 Å². The zero-order valence-electron chi connectivity index (χ0n) is 15.2. The van der Waals surface area contributed by atoms with Crippen LogP contribution in [0.1, 0.15) is 32.6 Å². The molecule has 2 N–H and O–H groups in total. The number of likely N-dealkylation sites (N-methyl/N-ethyl adjacent to an activating group) is 1. The molecular weight excluding hydrogens is 319 g/mol. The van der Waals surface area contributed by atoms with Crippen molar-refractivity contribution < 1.29 is 9.18 Å². The number of hydrogen-bond donors (Lipinski definition) is 2. The zero-order valence-corrected chi connectivity index (χ0v) is 15.2. The summed E-state index contributed by atoms with van der Waals surface area (Å²) in [6, 6.07) is 8.02. The first-order chi connectivity index (χ1) is 12.0. The van der Waals surface area contributed by atoms with Crippen LogP contribution in [0, 0.1) is 5.82 Å². The van der Waals surface area contributed by atoms with Crippen LogP contribution in [0.15, 0.2) is 24.3 Å². The van der Waals surface area contributed by atoms with Crippen molar-refractivity contribution in [2.75, 3.05) is 32.0 Å². The fourth-order valence-electron chi connectivity index (χ4n) is 3.36. The Morgan fingerprint density at radius 1 is 1.28 bits per heavy atom. The molecule has 6 heteroatoms. The molecule has 1 saturated carbocycles. The largest absolute Gasteiger partial charge is 0.380 e. The maximum atomic E-state index is 13.7. The van der Waals surface area contributed by atoms with Crippen LogP contribution in [0.5, 0.6) is 0 Å². The maximum absolute atomic E-state index is 13.7. The number of likely N-dealkylation sites (tertiary alicyclic amines) is 1. The van der Waals surface area contributed by atoms with Crippen molar-refractivity contribution in [3.05, 3.63) is 30.1 Å². The minimum Gasteiger partial charge on any atom is -0.380 e. The first-order valence-electron chi connectivity index (χ1n) is 9.30. The maximum Gasteiger partial charge on any atom is 0.317 e. The van der Waals surface area contributed by atoms with Gasteiger partial charge in [-0.05, 0) is 51.8 Å². The standard InChI is InChI=1S/C19H29FN4O/c1-14(23(2)16-7-8-16)13-21-19(25)24-11-9-15(10-12-24)22-18-6-4-3-5-17(18)20/h3-6,14-16,22H,7-13H2,1-2H3,(H,21,25)/t14-/m0/s1. The average molecular weight is 348 g/mol. The number of carbonyl (C=O) groups excluding carboxylic acids is 1. The summed E-state index contributed by atoms with van der Waals surface area (Å²) < 4.78 is 13.7. The molecule has 1 aromatic rings. The number of hydrogen-bond acceptors (Lipinski definition) is 3. The lowest BCUT2D eigenvalue weighted by atomic mass is 10.0. The van der Waals surface area contributed by atoms with Crippen molar-refractivity contribution in [3.63, 3.8) is 0 Å². The highest BCUT2D eigenvalue weighted by Gasteiger charge is 2.29. The Morgan fingerprint density at radius 3 is 2.60 bits per heavy atom. The lowest BCUT2D eigenvalue weighted by molar-refractivity contribution is 0.176. The molecule has 0 unspecified atom stereocenters. The van der Waals surface area contributed by atoms with Gasteiger partial charge in [0.25, 0.3) is 0 Å². The summed E-state index contributed by atoms with van der Waals surface area (Å²) in [4.78, 5) is 16.6. The van der Waals surface area contributed by atoms with E-state index in [-0.39, 0.29) is 17.9 Å². The summed E-state index contributed by atoms with van der Waals surface area (Å²) in [5.41, 5.74) is 0.544. The van der Waals surface area contributed by atoms with Gasteiger partial charge in [-0.1, -0.05) is 12.1 Å². The van der Waals surface area contributed by atoms with E-state index in [0.717, 1.165) is 12.8 Å². The van der Waals surface area contributed by atoms with Crippen LogP contribution in [0.3, 0.4) is 0 Å². The van der Waals surface area contributed by atoms with Gasteiger partial charge in [0, 0.05) is 37.8 Å². The Morgan fingerprint density at radius 2 is 1.96 bits per heavy atom. The molecule has 0 spiro atoms. The van der Waals surface area contributed by atoms with Gasteiger partial charge in [0.15, 0.2) is 0 Å². The number of urea groups is 1. The predicted octanol–water partition coefficient (Wildman–Crippen LogP) is 2.89. The van der Waals surface area contributed by atoms with Crippen LogP contribution >= 0.6 is 0 Å². The highest BCUT2D eigenvalue weighted by Crippen LogP contribution is 2.26. The van der Waals surface area contributed by atoms with Gasteiger partial charge >= 0.3 is 6.03 Å². The van der Waals surface area contributed by atoms with Crippen LogP contribution in [-0.2, 0) is 0 Å². The second-order valence-electron chi connectivity index (χ2n) is 7.32.